The second-order valence-electron chi connectivity index (χ2n) is 8.89. The van der Waals surface area contributed by atoms with E-state index in [1.165, 1.54) is 0 Å². The number of nitrogens with zero attached hydrogens (tertiary/aromatic N) is 1. The summed E-state index contributed by atoms with van der Waals surface area (Å²) in [5.41, 5.74) is 5.49. The summed E-state index contributed by atoms with van der Waals surface area (Å²) in [7, 11) is -3.85. The van der Waals surface area contributed by atoms with E-state index in [9.17, 15) is 8.42 Å². The zero-order valence-electron chi connectivity index (χ0n) is 19.9. The van der Waals surface area contributed by atoms with E-state index >= 15 is 0 Å². The number of benzene rings is 4. The highest BCUT2D eigenvalue weighted by Gasteiger charge is 2.32. The molecule has 4 aromatic carbocycles. The van der Waals surface area contributed by atoms with Crippen molar-refractivity contribution in [3.8, 4) is 0 Å². The lowest BCUT2D eigenvalue weighted by Crippen LogP contribution is -2.32. The molecular formula is C31H26ClNO2S. The van der Waals surface area contributed by atoms with Crippen LogP contribution in [0.25, 0.3) is 11.3 Å². The molecule has 0 amide bonds. The van der Waals surface area contributed by atoms with Gasteiger partial charge in [-0.1, -0.05) is 108 Å². The van der Waals surface area contributed by atoms with E-state index in [0.717, 1.165) is 27.8 Å². The van der Waals surface area contributed by atoms with Crippen molar-refractivity contribution in [3.63, 3.8) is 0 Å². The molecule has 0 saturated heterocycles. The van der Waals surface area contributed by atoms with Crippen molar-refractivity contribution in [1.29, 1.82) is 0 Å². The summed E-state index contributed by atoms with van der Waals surface area (Å²) in [4.78, 5) is 0.271. The molecule has 0 spiro atoms. The predicted octanol–water partition coefficient (Wildman–Crippen LogP) is 7.56. The Morgan fingerprint density at radius 1 is 0.750 bits per heavy atom. The average molecular weight is 512 g/mol. The van der Waals surface area contributed by atoms with Gasteiger partial charge in [-0.3, -0.25) is 4.31 Å². The summed E-state index contributed by atoms with van der Waals surface area (Å²) in [6.07, 6.45) is 4.15. The quantitative estimate of drug-likeness (QED) is 0.277. The Hall–Kier alpha value is -3.60. The molecule has 5 heteroatoms. The molecule has 1 atom stereocenters. The van der Waals surface area contributed by atoms with Gasteiger partial charge in [-0.25, -0.2) is 8.42 Å². The van der Waals surface area contributed by atoms with Gasteiger partial charge in [-0.2, -0.15) is 0 Å². The molecule has 180 valence electrons. The molecule has 0 aliphatic carbocycles. The summed E-state index contributed by atoms with van der Waals surface area (Å²) >= 11 is 6.17. The highest BCUT2D eigenvalue weighted by molar-refractivity contribution is 7.89. The van der Waals surface area contributed by atoms with Gasteiger partial charge in [0.1, 0.15) is 0 Å². The van der Waals surface area contributed by atoms with E-state index < -0.39 is 10.0 Å². The standard InChI is InChI=1S/C31H26ClNO2S/c1-23-12-18-30(19-13-23)36(34,35)33-22-28(25-14-16-29(32)17-15-25)20-27(24-8-4-2-5-9-24)21-31(33)26-10-6-3-7-11-26/h2-21,28H,22H2,1H3. The van der Waals surface area contributed by atoms with Crippen LogP contribution in [0.3, 0.4) is 0 Å². The van der Waals surface area contributed by atoms with Gasteiger partial charge in [-0.05, 0) is 59.5 Å². The van der Waals surface area contributed by atoms with E-state index in [2.05, 4.69) is 6.08 Å². The zero-order chi connectivity index (χ0) is 25.1. The number of aryl methyl sites for hydroxylation is 1. The molecule has 0 aromatic heterocycles. The Balaban J connectivity index is 1.72. The van der Waals surface area contributed by atoms with Crippen LogP contribution >= 0.6 is 11.6 Å². The fraction of sp³-hybridized carbons (Fsp3) is 0.0968. The second-order valence-corrected chi connectivity index (χ2v) is 11.2. The smallest absolute Gasteiger partial charge is 0.264 e. The minimum Gasteiger partial charge on any atom is -0.265 e. The molecule has 3 nitrogen and oxygen atoms in total. The lowest BCUT2D eigenvalue weighted by atomic mass is 9.94. The Kier molecular flexibility index (Phi) is 6.82. The van der Waals surface area contributed by atoms with Crippen LogP contribution in [-0.4, -0.2) is 19.3 Å². The van der Waals surface area contributed by atoms with Crippen molar-refractivity contribution in [2.24, 2.45) is 0 Å². The predicted molar refractivity (Wildman–Crippen MR) is 148 cm³/mol. The average Bonchev–Trinajstić information content (AvgIpc) is 3.12. The first-order chi connectivity index (χ1) is 17.4. The normalized spacial score (nSPS) is 16.2. The zero-order valence-corrected chi connectivity index (χ0v) is 21.5. The molecule has 36 heavy (non-hydrogen) atoms. The molecule has 1 heterocycles. The maximum atomic E-state index is 14.2. The summed E-state index contributed by atoms with van der Waals surface area (Å²) in [5.74, 6) is -0.185. The number of sulfonamides is 1. The van der Waals surface area contributed by atoms with Crippen LogP contribution < -0.4 is 0 Å². The highest BCUT2D eigenvalue weighted by Crippen LogP contribution is 2.37. The summed E-state index contributed by atoms with van der Waals surface area (Å²) in [6.45, 7) is 2.21. The summed E-state index contributed by atoms with van der Waals surface area (Å²) in [6, 6.07) is 34.4. The molecule has 0 fully saturated rings. The van der Waals surface area contributed by atoms with Gasteiger partial charge in [0.15, 0.2) is 0 Å². The van der Waals surface area contributed by atoms with E-state index in [4.69, 9.17) is 11.6 Å². The van der Waals surface area contributed by atoms with Gasteiger partial charge in [0.25, 0.3) is 10.0 Å². The van der Waals surface area contributed by atoms with Crippen LogP contribution in [0.15, 0.2) is 126 Å². The maximum absolute atomic E-state index is 14.2. The lowest BCUT2D eigenvalue weighted by molar-refractivity contribution is 0.499. The largest absolute Gasteiger partial charge is 0.265 e. The molecule has 1 aliphatic rings. The van der Waals surface area contributed by atoms with Crippen molar-refractivity contribution in [2.45, 2.75) is 17.7 Å². The first-order valence-electron chi connectivity index (χ1n) is 11.8. The molecule has 0 saturated carbocycles. The van der Waals surface area contributed by atoms with Crippen LogP contribution in [0, 0.1) is 6.92 Å². The SMILES string of the molecule is Cc1ccc(S(=O)(=O)N2CC(c3ccc(Cl)cc3)C=C(c3ccccc3)C=C2c2ccccc2)cc1. The van der Waals surface area contributed by atoms with Gasteiger partial charge in [-0.15, -0.1) is 0 Å². The van der Waals surface area contributed by atoms with Crippen LogP contribution in [0.4, 0.5) is 0 Å². The topological polar surface area (TPSA) is 37.4 Å². The van der Waals surface area contributed by atoms with E-state index in [1.807, 2.05) is 110 Å². The van der Waals surface area contributed by atoms with Crippen LogP contribution in [0.5, 0.6) is 0 Å². The van der Waals surface area contributed by atoms with Gasteiger partial charge >= 0.3 is 0 Å². The molecule has 1 aliphatic heterocycles. The Morgan fingerprint density at radius 2 is 1.33 bits per heavy atom. The molecule has 5 rings (SSSR count). The van der Waals surface area contributed by atoms with Crippen LogP contribution in [-0.2, 0) is 10.0 Å². The summed E-state index contributed by atoms with van der Waals surface area (Å²) in [5, 5.41) is 0.645. The van der Waals surface area contributed by atoms with Crippen molar-refractivity contribution < 1.29 is 8.42 Å². The van der Waals surface area contributed by atoms with Crippen molar-refractivity contribution in [1.82, 2.24) is 4.31 Å². The Morgan fingerprint density at radius 3 is 1.94 bits per heavy atom. The third kappa shape index (κ3) is 5.01. The van der Waals surface area contributed by atoms with E-state index in [-0.39, 0.29) is 17.4 Å². The molecule has 0 radical (unpaired) electrons. The number of halogens is 1. The molecule has 1 unspecified atom stereocenters. The van der Waals surface area contributed by atoms with E-state index in [1.54, 1.807) is 16.4 Å². The number of hydrogen-bond donors (Lipinski definition) is 0. The van der Waals surface area contributed by atoms with Crippen molar-refractivity contribution in [2.75, 3.05) is 6.54 Å². The van der Waals surface area contributed by atoms with Gasteiger partial charge in [0, 0.05) is 17.5 Å². The molecule has 0 bridgehead atoms. The number of allylic oxidation sites excluding steroid dienone is 2. The Bertz CT molecular complexity index is 1510. The third-order valence-corrected chi connectivity index (χ3v) is 8.43. The Labute approximate surface area is 218 Å². The number of rotatable bonds is 5. The fourth-order valence-corrected chi connectivity index (χ4v) is 6.07. The third-order valence-electron chi connectivity index (χ3n) is 6.39. The van der Waals surface area contributed by atoms with Crippen LogP contribution in [0.2, 0.25) is 5.02 Å². The first kappa shape index (κ1) is 24.1. The molecule has 0 N–H and O–H groups in total. The number of hydrogen-bond acceptors (Lipinski definition) is 2. The minimum atomic E-state index is -3.85. The highest BCUT2D eigenvalue weighted by atomic mass is 35.5. The maximum Gasteiger partial charge on any atom is 0.264 e. The van der Waals surface area contributed by atoms with Crippen LogP contribution in [0.1, 0.15) is 28.2 Å². The van der Waals surface area contributed by atoms with Gasteiger partial charge in [0.2, 0.25) is 0 Å². The molecular weight excluding hydrogens is 486 g/mol. The second kappa shape index (κ2) is 10.2. The lowest BCUT2D eigenvalue weighted by Gasteiger charge is -2.29. The molecule has 4 aromatic rings. The fourth-order valence-electron chi connectivity index (χ4n) is 4.44. The van der Waals surface area contributed by atoms with Gasteiger partial charge < -0.3 is 0 Å². The van der Waals surface area contributed by atoms with Crippen molar-refractivity contribution in [3.05, 3.63) is 149 Å². The minimum absolute atomic E-state index is 0.185. The monoisotopic (exact) mass is 511 g/mol. The van der Waals surface area contributed by atoms with Gasteiger partial charge in [0.05, 0.1) is 10.6 Å². The first-order valence-corrected chi connectivity index (χ1v) is 13.6. The van der Waals surface area contributed by atoms with Crippen molar-refractivity contribution >= 4 is 32.9 Å². The van der Waals surface area contributed by atoms with E-state index in [0.29, 0.717) is 10.7 Å². The summed E-state index contributed by atoms with van der Waals surface area (Å²) < 4.78 is 29.9.